The quantitative estimate of drug-likeness (QED) is 0.837. The van der Waals surface area contributed by atoms with E-state index in [0.717, 1.165) is 10.6 Å². The van der Waals surface area contributed by atoms with Crippen molar-refractivity contribution in [3.05, 3.63) is 49.8 Å². The van der Waals surface area contributed by atoms with Crippen LogP contribution < -0.4 is 21.5 Å². The lowest BCUT2D eigenvalue weighted by Crippen LogP contribution is -2.35. The molecule has 1 aliphatic heterocycles. The van der Waals surface area contributed by atoms with E-state index in [1.54, 1.807) is 4.90 Å². The van der Waals surface area contributed by atoms with Gasteiger partial charge < -0.3 is 10.2 Å². The molecule has 2 N–H and O–H groups in total. The summed E-state index contributed by atoms with van der Waals surface area (Å²) in [6, 6.07) is 3.63. The summed E-state index contributed by atoms with van der Waals surface area (Å²) < 4.78 is 39.6. The number of halogens is 4. The monoisotopic (exact) mass is 389 g/mol. The van der Waals surface area contributed by atoms with Gasteiger partial charge in [0.2, 0.25) is 0 Å². The van der Waals surface area contributed by atoms with E-state index in [1.807, 2.05) is 0 Å². The van der Waals surface area contributed by atoms with E-state index in [0.29, 0.717) is 25.3 Å². The van der Waals surface area contributed by atoms with Crippen LogP contribution in [-0.4, -0.2) is 33.7 Å². The minimum absolute atomic E-state index is 0.0612. The number of nitrogens with zero attached hydrogens (tertiary/aromatic N) is 3. The van der Waals surface area contributed by atoms with E-state index in [1.165, 1.54) is 19.2 Å². The standard InChI is InChI=1S/C15H15ClF3N5O2/c1-23-12(25)6-11(22-14(23)26)24-5-4-8(7-24)20-10-3-2-9(16)13(21-10)15(17,18)19/h2-3,6,8H,4-5,7H2,1H3,(H,20,21)(H,22,26)/t8-/m0/s1. The van der Waals surface area contributed by atoms with Crippen molar-refractivity contribution in [2.45, 2.75) is 18.6 Å². The molecule has 3 heterocycles. The number of anilines is 2. The van der Waals surface area contributed by atoms with Crippen LogP contribution >= 0.6 is 11.6 Å². The highest BCUT2D eigenvalue weighted by Crippen LogP contribution is 2.34. The van der Waals surface area contributed by atoms with Crippen LogP contribution in [0.1, 0.15) is 12.1 Å². The Bertz CT molecular complexity index is 909. The summed E-state index contributed by atoms with van der Waals surface area (Å²) in [7, 11) is 1.36. The van der Waals surface area contributed by atoms with Gasteiger partial charge in [0.1, 0.15) is 11.6 Å². The highest BCUT2D eigenvalue weighted by atomic mass is 35.5. The second-order valence-electron chi connectivity index (χ2n) is 5.96. The van der Waals surface area contributed by atoms with Crippen molar-refractivity contribution in [1.29, 1.82) is 0 Å². The van der Waals surface area contributed by atoms with E-state index >= 15 is 0 Å². The van der Waals surface area contributed by atoms with Crippen LogP contribution in [0.25, 0.3) is 0 Å². The van der Waals surface area contributed by atoms with E-state index in [2.05, 4.69) is 15.3 Å². The second kappa shape index (κ2) is 6.67. The smallest absolute Gasteiger partial charge is 0.365 e. The fraction of sp³-hybridized carbons (Fsp3) is 0.400. The van der Waals surface area contributed by atoms with Crippen LogP contribution in [0.2, 0.25) is 5.02 Å². The minimum Gasteiger partial charge on any atom is -0.365 e. The predicted octanol–water partition coefficient (Wildman–Crippen LogP) is 1.83. The van der Waals surface area contributed by atoms with Crippen LogP contribution in [0.4, 0.5) is 24.8 Å². The number of H-pyrrole nitrogens is 1. The van der Waals surface area contributed by atoms with Crippen LogP contribution in [0, 0.1) is 0 Å². The molecule has 1 aliphatic rings. The van der Waals surface area contributed by atoms with Gasteiger partial charge in [0, 0.05) is 32.2 Å². The molecule has 0 aliphatic carbocycles. The molecule has 11 heteroatoms. The Morgan fingerprint density at radius 3 is 2.73 bits per heavy atom. The summed E-state index contributed by atoms with van der Waals surface area (Å²) in [5.41, 5.74) is -2.11. The molecule has 1 atom stereocenters. The van der Waals surface area contributed by atoms with Crippen molar-refractivity contribution in [1.82, 2.24) is 14.5 Å². The zero-order valence-electron chi connectivity index (χ0n) is 13.6. The first-order chi connectivity index (χ1) is 12.1. The highest BCUT2D eigenvalue weighted by molar-refractivity contribution is 6.31. The van der Waals surface area contributed by atoms with Crippen molar-refractivity contribution in [3.63, 3.8) is 0 Å². The molecular formula is C15H15ClF3N5O2. The van der Waals surface area contributed by atoms with Gasteiger partial charge >= 0.3 is 11.9 Å². The lowest BCUT2D eigenvalue weighted by atomic mass is 10.2. The summed E-state index contributed by atoms with van der Waals surface area (Å²) >= 11 is 5.56. The van der Waals surface area contributed by atoms with E-state index in [9.17, 15) is 22.8 Å². The van der Waals surface area contributed by atoms with Gasteiger partial charge in [0.05, 0.1) is 5.02 Å². The topological polar surface area (TPSA) is 83.0 Å². The Kier molecular flexibility index (Phi) is 4.70. The Labute approximate surface area is 150 Å². The lowest BCUT2D eigenvalue weighted by Gasteiger charge is -2.19. The predicted molar refractivity (Wildman–Crippen MR) is 90.8 cm³/mol. The molecule has 3 rings (SSSR count). The molecule has 0 saturated carbocycles. The zero-order chi connectivity index (χ0) is 19.1. The molecule has 1 fully saturated rings. The third-order valence-corrected chi connectivity index (χ3v) is 4.43. The van der Waals surface area contributed by atoms with E-state index in [-0.39, 0.29) is 11.9 Å². The van der Waals surface area contributed by atoms with Crippen LogP contribution in [0.5, 0.6) is 0 Å². The minimum atomic E-state index is -4.64. The molecule has 0 bridgehead atoms. The van der Waals surface area contributed by atoms with Gasteiger partial charge in [0.15, 0.2) is 5.69 Å². The van der Waals surface area contributed by atoms with E-state index < -0.39 is 28.1 Å². The Morgan fingerprint density at radius 2 is 2.08 bits per heavy atom. The number of alkyl halides is 3. The van der Waals surface area contributed by atoms with Gasteiger partial charge in [-0.1, -0.05) is 11.6 Å². The Balaban J connectivity index is 1.74. The van der Waals surface area contributed by atoms with Crippen molar-refractivity contribution >= 4 is 23.2 Å². The molecular weight excluding hydrogens is 375 g/mol. The number of nitrogens with one attached hydrogen (secondary N) is 2. The molecule has 0 aromatic carbocycles. The Morgan fingerprint density at radius 1 is 1.35 bits per heavy atom. The SMILES string of the molecule is Cn1c(=O)cc(N2CC[C@H](Nc3ccc(Cl)c(C(F)(F)F)n3)C2)[nH]c1=O. The summed E-state index contributed by atoms with van der Waals surface area (Å²) in [6.07, 6.45) is -4.04. The van der Waals surface area contributed by atoms with Gasteiger partial charge in [-0.3, -0.25) is 14.3 Å². The molecule has 26 heavy (non-hydrogen) atoms. The van der Waals surface area contributed by atoms with Crippen molar-refractivity contribution in [2.24, 2.45) is 7.05 Å². The van der Waals surface area contributed by atoms with Crippen LogP contribution in [0.15, 0.2) is 27.8 Å². The first-order valence-corrected chi connectivity index (χ1v) is 8.08. The van der Waals surface area contributed by atoms with Crippen molar-refractivity contribution in [3.8, 4) is 0 Å². The number of pyridine rings is 1. The molecule has 2 aromatic rings. The van der Waals surface area contributed by atoms with Crippen LogP contribution in [0.3, 0.4) is 0 Å². The summed E-state index contributed by atoms with van der Waals surface area (Å²) in [6.45, 7) is 0.926. The number of hydrogen-bond acceptors (Lipinski definition) is 5. The molecule has 1 saturated heterocycles. The molecule has 0 unspecified atom stereocenters. The highest BCUT2D eigenvalue weighted by Gasteiger charge is 2.35. The maximum atomic E-state index is 12.9. The normalized spacial score (nSPS) is 17.6. The van der Waals surface area contributed by atoms with Gasteiger partial charge in [-0.25, -0.2) is 9.78 Å². The van der Waals surface area contributed by atoms with Gasteiger partial charge in [0.25, 0.3) is 5.56 Å². The maximum Gasteiger partial charge on any atom is 0.434 e. The van der Waals surface area contributed by atoms with Gasteiger partial charge in [-0.05, 0) is 18.6 Å². The van der Waals surface area contributed by atoms with Gasteiger partial charge in [-0.15, -0.1) is 0 Å². The third kappa shape index (κ3) is 3.69. The second-order valence-corrected chi connectivity index (χ2v) is 6.36. The van der Waals surface area contributed by atoms with Gasteiger partial charge in [-0.2, -0.15) is 13.2 Å². The summed E-state index contributed by atoms with van der Waals surface area (Å²) in [4.78, 5) is 31.3. The van der Waals surface area contributed by atoms with E-state index in [4.69, 9.17) is 11.6 Å². The Hall–Kier alpha value is -2.49. The van der Waals surface area contributed by atoms with Crippen LogP contribution in [-0.2, 0) is 13.2 Å². The third-order valence-electron chi connectivity index (χ3n) is 4.13. The average Bonchev–Trinajstić information content (AvgIpc) is 3.01. The van der Waals surface area contributed by atoms with Crippen molar-refractivity contribution in [2.75, 3.05) is 23.3 Å². The molecule has 2 aromatic heterocycles. The average molecular weight is 390 g/mol. The number of aromatic amines is 1. The zero-order valence-corrected chi connectivity index (χ0v) is 14.4. The first-order valence-electron chi connectivity index (χ1n) is 7.71. The van der Waals surface area contributed by atoms with Crippen molar-refractivity contribution < 1.29 is 13.2 Å². The molecule has 0 radical (unpaired) electrons. The molecule has 7 nitrogen and oxygen atoms in total. The molecule has 0 spiro atoms. The fourth-order valence-electron chi connectivity index (χ4n) is 2.74. The lowest BCUT2D eigenvalue weighted by molar-refractivity contribution is -0.141. The number of rotatable bonds is 3. The summed E-state index contributed by atoms with van der Waals surface area (Å²) in [5, 5.41) is 2.47. The number of hydrogen-bond donors (Lipinski definition) is 2. The number of aromatic nitrogens is 3. The maximum absolute atomic E-state index is 12.9. The largest absolute Gasteiger partial charge is 0.434 e. The first kappa shape index (κ1) is 18.3. The molecule has 140 valence electrons. The summed E-state index contributed by atoms with van der Waals surface area (Å²) in [5.74, 6) is 0.438. The molecule has 0 amide bonds. The fourth-order valence-corrected chi connectivity index (χ4v) is 2.95.